The van der Waals surface area contributed by atoms with Crippen molar-refractivity contribution in [3.63, 3.8) is 0 Å². The van der Waals surface area contributed by atoms with E-state index < -0.39 is 12.9 Å². The Kier molecular flexibility index (Phi) is 7.04. The molecule has 1 atom stereocenters. The zero-order valence-corrected chi connectivity index (χ0v) is 18.9. The van der Waals surface area contributed by atoms with Gasteiger partial charge in [-0.05, 0) is 43.0 Å². The van der Waals surface area contributed by atoms with Crippen LogP contribution in [-0.4, -0.2) is 16.7 Å². The normalized spacial score (nSPS) is 19.5. The van der Waals surface area contributed by atoms with E-state index in [0.29, 0.717) is 0 Å². The molecule has 5 heteroatoms. The molecule has 0 aromatic heterocycles. The van der Waals surface area contributed by atoms with Crippen molar-refractivity contribution in [2.24, 2.45) is 0 Å². The molecular formula is C26H30NO3P. The van der Waals surface area contributed by atoms with Crippen molar-refractivity contribution >= 4 is 7.60 Å². The van der Waals surface area contributed by atoms with Crippen LogP contribution in [0.4, 0.5) is 0 Å². The Labute approximate surface area is 185 Å². The SMILES string of the molecule is CC1(P(=O)(OCc2ccccc2)OCc2ccccc2)CCCN1Cc1ccccc1. The van der Waals surface area contributed by atoms with Gasteiger partial charge in [0, 0.05) is 6.54 Å². The minimum Gasteiger partial charge on any atom is -0.302 e. The third kappa shape index (κ3) is 5.16. The molecule has 0 radical (unpaired) electrons. The third-order valence-corrected chi connectivity index (χ3v) is 8.68. The predicted octanol–water partition coefficient (Wildman–Crippen LogP) is 6.63. The van der Waals surface area contributed by atoms with Gasteiger partial charge in [-0.15, -0.1) is 0 Å². The van der Waals surface area contributed by atoms with Crippen molar-refractivity contribution in [3.05, 3.63) is 108 Å². The minimum absolute atomic E-state index is 0.266. The summed E-state index contributed by atoms with van der Waals surface area (Å²) in [7, 11) is -3.48. The highest BCUT2D eigenvalue weighted by molar-refractivity contribution is 7.55. The lowest BCUT2D eigenvalue weighted by molar-refractivity contribution is 0.120. The van der Waals surface area contributed by atoms with Crippen LogP contribution in [0.15, 0.2) is 91.0 Å². The van der Waals surface area contributed by atoms with Gasteiger partial charge in [0.15, 0.2) is 0 Å². The minimum atomic E-state index is -3.48. The summed E-state index contributed by atoms with van der Waals surface area (Å²) in [6.45, 7) is 4.17. The largest absolute Gasteiger partial charge is 0.351 e. The summed E-state index contributed by atoms with van der Waals surface area (Å²) in [4.78, 5) is 2.28. The van der Waals surface area contributed by atoms with Crippen LogP contribution in [0, 0.1) is 0 Å². The molecule has 1 aliphatic heterocycles. The van der Waals surface area contributed by atoms with E-state index in [1.807, 2.05) is 85.8 Å². The number of nitrogens with zero attached hydrogens (tertiary/aromatic N) is 1. The Balaban J connectivity index is 1.58. The quantitative estimate of drug-likeness (QED) is 0.354. The Bertz CT molecular complexity index is 949. The van der Waals surface area contributed by atoms with E-state index in [1.54, 1.807) is 0 Å². The molecule has 3 aromatic rings. The van der Waals surface area contributed by atoms with Crippen LogP contribution in [0.3, 0.4) is 0 Å². The van der Waals surface area contributed by atoms with Crippen molar-refractivity contribution < 1.29 is 13.6 Å². The van der Waals surface area contributed by atoms with Crippen LogP contribution in [0.25, 0.3) is 0 Å². The van der Waals surface area contributed by atoms with E-state index in [2.05, 4.69) is 17.0 Å². The van der Waals surface area contributed by atoms with Crippen molar-refractivity contribution in [2.75, 3.05) is 6.54 Å². The first-order valence-electron chi connectivity index (χ1n) is 10.9. The van der Waals surface area contributed by atoms with Crippen LogP contribution in [0.5, 0.6) is 0 Å². The smallest absolute Gasteiger partial charge is 0.302 e. The van der Waals surface area contributed by atoms with Crippen LogP contribution >= 0.6 is 7.60 Å². The summed E-state index contributed by atoms with van der Waals surface area (Å²) in [6.07, 6.45) is 1.75. The zero-order chi connectivity index (χ0) is 21.6. The van der Waals surface area contributed by atoms with Crippen LogP contribution in [-0.2, 0) is 33.4 Å². The molecule has 1 fully saturated rings. The van der Waals surface area contributed by atoms with E-state index in [4.69, 9.17) is 9.05 Å². The van der Waals surface area contributed by atoms with Gasteiger partial charge in [0.25, 0.3) is 0 Å². The molecule has 0 amide bonds. The summed E-state index contributed by atoms with van der Waals surface area (Å²) in [6, 6.07) is 30.1. The van der Waals surface area contributed by atoms with Crippen molar-refractivity contribution in [1.29, 1.82) is 0 Å². The van der Waals surface area contributed by atoms with Gasteiger partial charge in [-0.2, -0.15) is 0 Å². The first kappa shape index (κ1) is 22.0. The molecule has 1 aliphatic rings. The van der Waals surface area contributed by atoms with Gasteiger partial charge in [0.1, 0.15) is 5.28 Å². The Morgan fingerprint density at radius 2 is 1.23 bits per heavy atom. The van der Waals surface area contributed by atoms with E-state index in [0.717, 1.165) is 37.1 Å². The molecule has 162 valence electrons. The molecule has 31 heavy (non-hydrogen) atoms. The number of likely N-dealkylation sites (tertiary alicyclic amines) is 1. The summed E-state index contributed by atoms with van der Waals surface area (Å²) in [5, 5.41) is -0.674. The predicted molar refractivity (Wildman–Crippen MR) is 125 cm³/mol. The van der Waals surface area contributed by atoms with Gasteiger partial charge in [0.05, 0.1) is 13.2 Å². The van der Waals surface area contributed by atoms with Crippen molar-refractivity contribution in [1.82, 2.24) is 4.90 Å². The molecule has 0 spiro atoms. The molecule has 4 rings (SSSR count). The summed E-state index contributed by atoms with van der Waals surface area (Å²) >= 11 is 0. The van der Waals surface area contributed by atoms with Gasteiger partial charge in [-0.3, -0.25) is 9.46 Å². The fraction of sp³-hybridized carbons (Fsp3) is 0.308. The van der Waals surface area contributed by atoms with Crippen LogP contribution in [0.1, 0.15) is 36.5 Å². The maximum absolute atomic E-state index is 14.4. The van der Waals surface area contributed by atoms with Crippen LogP contribution in [0.2, 0.25) is 0 Å². The Morgan fingerprint density at radius 3 is 1.71 bits per heavy atom. The molecule has 1 unspecified atom stereocenters. The highest BCUT2D eigenvalue weighted by atomic mass is 31.2. The van der Waals surface area contributed by atoms with E-state index >= 15 is 0 Å². The average molecular weight is 436 g/mol. The summed E-state index contributed by atoms with van der Waals surface area (Å²) < 4.78 is 26.8. The average Bonchev–Trinajstić information content (AvgIpc) is 3.20. The topological polar surface area (TPSA) is 38.8 Å². The van der Waals surface area contributed by atoms with Crippen LogP contribution < -0.4 is 0 Å². The van der Waals surface area contributed by atoms with Gasteiger partial charge < -0.3 is 9.05 Å². The highest BCUT2D eigenvalue weighted by Crippen LogP contribution is 2.65. The number of hydrogen-bond acceptors (Lipinski definition) is 4. The van der Waals surface area contributed by atoms with E-state index in [-0.39, 0.29) is 13.2 Å². The van der Waals surface area contributed by atoms with Gasteiger partial charge in [-0.25, -0.2) is 0 Å². The summed E-state index contributed by atoms with van der Waals surface area (Å²) in [5.74, 6) is 0. The molecule has 4 nitrogen and oxygen atoms in total. The zero-order valence-electron chi connectivity index (χ0n) is 18.0. The lowest BCUT2D eigenvalue weighted by Crippen LogP contribution is -2.41. The Hall–Kier alpha value is -2.23. The second kappa shape index (κ2) is 9.93. The van der Waals surface area contributed by atoms with Gasteiger partial charge in [0.2, 0.25) is 0 Å². The molecule has 0 aliphatic carbocycles. The maximum Gasteiger partial charge on any atom is 0.351 e. The standard InChI is InChI=1S/C26H30NO3P/c1-26(18-11-19-27(26)20-23-12-5-2-6-13-23)31(28,29-21-24-14-7-3-8-15-24)30-22-25-16-9-4-10-17-25/h2-10,12-17H,11,18-22H2,1H3. The molecule has 3 aromatic carbocycles. The summed E-state index contributed by atoms with van der Waals surface area (Å²) in [5.41, 5.74) is 3.18. The Morgan fingerprint density at radius 1 is 0.774 bits per heavy atom. The fourth-order valence-electron chi connectivity index (χ4n) is 4.15. The van der Waals surface area contributed by atoms with E-state index in [9.17, 15) is 4.57 Å². The second-order valence-electron chi connectivity index (χ2n) is 8.24. The fourth-order valence-corrected chi connectivity index (χ4v) is 6.37. The molecule has 0 N–H and O–H groups in total. The molecule has 1 saturated heterocycles. The number of hydrogen-bond donors (Lipinski definition) is 0. The first-order valence-corrected chi connectivity index (χ1v) is 12.4. The second-order valence-corrected chi connectivity index (χ2v) is 10.7. The number of rotatable bonds is 9. The van der Waals surface area contributed by atoms with Gasteiger partial charge in [-0.1, -0.05) is 91.0 Å². The van der Waals surface area contributed by atoms with E-state index in [1.165, 1.54) is 5.56 Å². The highest BCUT2D eigenvalue weighted by Gasteiger charge is 2.53. The molecule has 0 bridgehead atoms. The molecular weight excluding hydrogens is 405 g/mol. The molecule has 0 saturated carbocycles. The van der Waals surface area contributed by atoms with Crippen molar-refractivity contribution in [2.45, 2.75) is 44.8 Å². The maximum atomic E-state index is 14.4. The van der Waals surface area contributed by atoms with Gasteiger partial charge >= 0.3 is 7.60 Å². The molecule has 1 heterocycles. The number of benzene rings is 3. The van der Waals surface area contributed by atoms with Crippen molar-refractivity contribution in [3.8, 4) is 0 Å². The lowest BCUT2D eigenvalue weighted by atomic mass is 10.2. The first-order chi connectivity index (χ1) is 15.1. The lowest BCUT2D eigenvalue weighted by Gasteiger charge is -2.40. The third-order valence-electron chi connectivity index (χ3n) is 6.05. The monoisotopic (exact) mass is 435 g/mol.